The Balaban J connectivity index is 0. The molecule has 118 valence electrons. The summed E-state index contributed by atoms with van der Waals surface area (Å²) in [5.74, 6) is 0. The highest BCUT2D eigenvalue weighted by atomic mass is 28.4. The lowest BCUT2D eigenvalue weighted by Gasteiger charge is -2.21. The lowest BCUT2D eigenvalue weighted by molar-refractivity contribution is 0.249. The Morgan fingerprint density at radius 3 is 1.47 bits per heavy atom. The van der Waals surface area contributed by atoms with Gasteiger partial charge in [-0.1, -0.05) is 0 Å². The highest BCUT2D eigenvalue weighted by Gasteiger charge is 2.27. The van der Waals surface area contributed by atoms with E-state index in [0.29, 0.717) is 0 Å². The molecule has 0 aliphatic rings. The normalized spacial score (nSPS) is 12.0. The third kappa shape index (κ3) is 13.0. The molecule has 4 N–H and O–H groups in total. The van der Waals surface area contributed by atoms with Crippen LogP contribution in [-0.2, 0) is 13.3 Å². The van der Waals surface area contributed by atoms with E-state index in [4.69, 9.17) is 24.7 Å². The molecule has 19 heavy (non-hydrogen) atoms. The summed E-state index contributed by atoms with van der Waals surface area (Å²) in [6, 6.07) is 2.16. The van der Waals surface area contributed by atoms with E-state index in [-0.39, 0.29) is 0 Å². The zero-order valence-electron chi connectivity index (χ0n) is 13.6. The smallest absolute Gasteiger partial charge is 0.334 e. The molecule has 0 heterocycles. The fourth-order valence-electron chi connectivity index (χ4n) is 1.34. The monoisotopic (exact) mass is 310 g/mol. The van der Waals surface area contributed by atoms with Gasteiger partial charge in [0.1, 0.15) is 0 Å². The second-order valence-electron chi connectivity index (χ2n) is 5.29. The van der Waals surface area contributed by atoms with Crippen molar-refractivity contribution >= 4 is 16.9 Å². The first kappa shape index (κ1) is 21.5. The minimum Gasteiger partial charge on any atom is -0.420 e. The number of nitrogens with two attached hydrogens (primary N) is 2. The van der Waals surface area contributed by atoms with Crippen molar-refractivity contribution in [3.63, 3.8) is 0 Å². The average molecular weight is 311 g/mol. The molecule has 0 bridgehead atoms. The molecule has 5 nitrogen and oxygen atoms in total. The Hall–Kier alpha value is 0.234. The summed E-state index contributed by atoms with van der Waals surface area (Å²) in [5, 5.41) is 0. The zero-order chi connectivity index (χ0) is 15.4. The van der Waals surface area contributed by atoms with Gasteiger partial charge in [0.25, 0.3) is 0 Å². The summed E-state index contributed by atoms with van der Waals surface area (Å²) in [7, 11) is 2.12. The minimum atomic E-state index is -1.80. The molecule has 0 aromatic carbocycles. The van der Waals surface area contributed by atoms with Gasteiger partial charge in [-0.2, -0.15) is 0 Å². The fourth-order valence-corrected chi connectivity index (χ4v) is 4.02. The summed E-state index contributed by atoms with van der Waals surface area (Å²) in [5.41, 5.74) is 10.7. The summed E-state index contributed by atoms with van der Waals surface area (Å²) in [4.78, 5) is 0. The first-order valence-electron chi connectivity index (χ1n) is 6.86. The van der Waals surface area contributed by atoms with Crippen molar-refractivity contribution < 1.29 is 13.3 Å². The Kier molecular flexibility index (Phi) is 13.6. The van der Waals surface area contributed by atoms with Crippen LogP contribution in [0.5, 0.6) is 0 Å². The summed E-state index contributed by atoms with van der Waals surface area (Å²) in [6.07, 6.45) is 2.09. The number of hydrogen-bond acceptors (Lipinski definition) is 5. The largest absolute Gasteiger partial charge is 0.420 e. The molecular formula is C12H34N2O3Si2. The molecule has 0 aromatic heterocycles. The van der Waals surface area contributed by atoms with Gasteiger partial charge >= 0.3 is 8.56 Å². The van der Waals surface area contributed by atoms with Crippen molar-refractivity contribution in [2.24, 2.45) is 11.5 Å². The van der Waals surface area contributed by atoms with Crippen molar-refractivity contribution in [2.45, 2.75) is 44.6 Å². The molecule has 0 saturated heterocycles. The topological polar surface area (TPSA) is 79.7 Å². The molecular weight excluding hydrogens is 276 g/mol. The quantitative estimate of drug-likeness (QED) is 0.636. The summed E-state index contributed by atoms with van der Waals surface area (Å²) >= 11 is 0. The predicted octanol–water partition coefficient (Wildman–Crippen LogP) is 1.89. The Labute approximate surface area is 121 Å². The van der Waals surface area contributed by atoms with Crippen LogP contribution in [0.2, 0.25) is 31.7 Å². The van der Waals surface area contributed by atoms with Crippen LogP contribution in [0.1, 0.15) is 12.8 Å². The molecule has 0 amide bonds. The van der Waals surface area contributed by atoms with E-state index in [1.807, 2.05) is 6.55 Å². The molecule has 0 unspecified atom stereocenters. The summed E-state index contributed by atoms with van der Waals surface area (Å²) < 4.78 is 15.8. The van der Waals surface area contributed by atoms with Crippen molar-refractivity contribution in [3.05, 3.63) is 0 Å². The van der Waals surface area contributed by atoms with E-state index >= 15 is 0 Å². The van der Waals surface area contributed by atoms with Crippen molar-refractivity contribution in [1.29, 1.82) is 0 Å². The second kappa shape index (κ2) is 12.0. The van der Waals surface area contributed by atoms with Crippen LogP contribution >= 0.6 is 0 Å². The van der Waals surface area contributed by atoms with Crippen LogP contribution < -0.4 is 11.5 Å². The van der Waals surface area contributed by atoms with Gasteiger partial charge in [0.2, 0.25) is 0 Å². The second-order valence-corrected chi connectivity index (χ2v) is 13.3. The van der Waals surface area contributed by atoms with E-state index in [0.717, 1.165) is 32.0 Å². The van der Waals surface area contributed by atoms with Crippen LogP contribution in [0.4, 0.5) is 0 Å². The third-order valence-electron chi connectivity index (χ3n) is 3.23. The lowest BCUT2D eigenvalue weighted by Crippen LogP contribution is -2.36. The lowest BCUT2D eigenvalue weighted by atomic mass is 10.5. The molecule has 7 heteroatoms. The Bertz CT molecular complexity index is 203. The molecule has 0 atom stereocenters. The van der Waals surface area contributed by atoms with Gasteiger partial charge in [0, 0.05) is 21.3 Å². The minimum absolute atomic E-state index is 0.718. The molecule has 0 saturated carbocycles. The fraction of sp³-hybridized carbons (Fsp3) is 1.00. The molecule has 0 fully saturated rings. The van der Waals surface area contributed by atoms with E-state index in [1.165, 1.54) is 6.04 Å². The molecule has 0 aliphatic heterocycles. The number of rotatable bonds is 9. The maximum Gasteiger partial charge on any atom is 0.334 e. The first-order chi connectivity index (χ1) is 8.80. The van der Waals surface area contributed by atoms with Gasteiger partial charge in [0.15, 0.2) is 8.32 Å². The number of hydrogen-bond donors (Lipinski definition) is 2. The highest BCUT2D eigenvalue weighted by molar-refractivity contribution is 6.71. The van der Waals surface area contributed by atoms with Gasteiger partial charge in [0.05, 0.1) is 0 Å². The van der Waals surface area contributed by atoms with E-state index < -0.39 is 16.9 Å². The standard InChI is InChI=1S/C6H17NO2Si.C6H17NOSi/c1-8-10(3,9-2)6-4-5-7;1-8-9(2,3)6-4-5-7/h4-7H2,1-3H3;4-7H2,1-3H3. The third-order valence-corrected chi connectivity index (χ3v) is 8.89. The van der Waals surface area contributed by atoms with Gasteiger partial charge < -0.3 is 24.7 Å². The highest BCUT2D eigenvalue weighted by Crippen LogP contribution is 2.12. The van der Waals surface area contributed by atoms with E-state index in [1.54, 1.807) is 21.3 Å². The van der Waals surface area contributed by atoms with Crippen molar-refractivity contribution in [2.75, 3.05) is 34.4 Å². The van der Waals surface area contributed by atoms with Crippen LogP contribution in [0.25, 0.3) is 0 Å². The van der Waals surface area contributed by atoms with Crippen molar-refractivity contribution in [1.82, 2.24) is 0 Å². The molecule has 0 spiro atoms. The van der Waals surface area contributed by atoms with Gasteiger partial charge in [-0.15, -0.1) is 0 Å². The van der Waals surface area contributed by atoms with Gasteiger partial charge in [-0.3, -0.25) is 0 Å². The van der Waals surface area contributed by atoms with E-state index in [9.17, 15) is 0 Å². The average Bonchev–Trinajstić information content (AvgIpc) is 2.43. The zero-order valence-corrected chi connectivity index (χ0v) is 15.6. The molecule has 0 aromatic rings. The van der Waals surface area contributed by atoms with E-state index in [2.05, 4.69) is 13.1 Å². The maximum absolute atomic E-state index is 5.36. The Morgan fingerprint density at radius 1 is 0.737 bits per heavy atom. The maximum atomic E-state index is 5.36. The van der Waals surface area contributed by atoms with Gasteiger partial charge in [-0.25, -0.2) is 0 Å². The predicted molar refractivity (Wildman–Crippen MR) is 87.1 cm³/mol. The van der Waals surface area contributed by atoms with Crippen LogP contribution in [-0.4, -0.2) is 51.3 Å². The van der Waals surface area contributed by atoms with Crippen LogP contribution in [0.15, 0.2) is 0 Å². The van der Waals surface area contributed by atoms with Crippen LogP contribution in [0.3, 0.4) is 0 Å². The first-order valence-corrected chi connectivity index (χ1v) is 12.5. The summed E-state index contributed by atoms with van der Waals surface area (Å²) in [6.45, 7) is 7.98. The molecule has 0 aliphatic carbocycles. The van der Waals surface area contributed by atoms with Crippen molar-refractivity contribution in [3.8, 4) is 0 Å². The Morgan fingerprint density at radius 2 is 1.16 bits per heavy atom. The SMILES string of the molecule is CO[Si](C)(C)CCCN.CO[Si](C)(CCCN)OC. The van der Waals surface area contributed by atoms with Crippen LogP contribution in [0, 0.1) is 0 Å². The van der Waals surface area contributed by atoms with Gasteiger partial charge in [-0.05, 0) is 57.7 Å². The molecule has 0 rings (SSSR count). The molecule has 0 radical (unpaired) electrons.